The van der Waals surface area contributed by atoms with Gasteiger partial charge in [-0.15, -0.1) is 0 Å². The van der Waals surface area contributed by atoms with E-state index in [0.29, 0.717) is 13.1 Å². The average molecular weight is 484 g/mol. The van der Waals surface area contributed by atoms with Crippen molar-refractivity contribution in [3.05, 3.63) is 78.1 Å². The Morgan fingerprint density at radius 1 is 1.03 bits per heavy atom. The van der Waals surface area contributed by atoms with Crippen molar-refractivity contribution in [3.63, 3.8) is 0 Å². The first-order chi connectivity index (χ1) is 17.5. The molecule has 186 valence electrons. The molecule has 3 heterocycles. The van der Waals surface area contributed by atoms with Crippen molar-refractivity contribution in [2.45, 2.75) is 19.5 Å². The molecular formula is C28H33N7O. The maximum absolute atomic E-state index is 12.5. The summed E-state index contributed by atoms with van der Waals surface area (Å²) >= 11 is 0. The van der Waals surface area contributed by atoms with Gasteiger partial charge in [-0.3, -0.25) is 9.69 Å². The molecule has 1 amide bonds. The van der Waals surface area contributed by atoms with E-state index in [-0.39, 0.29) is 11.9 Å². The largest absolute Gasteiger partial charge is 0.363 e. The molecule has 1 aliphatic heterocycles. The molecule has 1 saturated heterocycles. The Morgan fingerprint density at radius 3 is 2.64 bits per heavy atom. The Labute approximate surface area is 211 Å². The van der Waals surface area contributed by atoms with Crippen molar-refractivity contribution in [1.82, 2.24) is 30.1 Å². The van der Waals surface area contributed by atoms with Crippen molar-refractivity contribution in [2.24, 2.45) is 0 Å². The first kappa shape index (κ1) is 24.0. The second-order valence-electron chi connectivity index (χ2n) is 9.50. The van der Waals surface area contributed by atoms with E-state index in [0.717, 1.165) is 59.9 Å². The van der Waals surface area contributed by atoms with E-state index < -0.39 is 0 Å². The minimum absolute atomic E-state index is 0.0640. The molecule has 0 bridgehead atoms. The number of aromatic amines is 1. The molecule has 2 aromatic heterocycles. The molecule has 0 unspecified atom stereocenters. The van der Waals surface area contributed by atoms with Crippen LogP contribution >= 0.6 is 0 Å². The lowest BCUT2D eigenvalue weighted by atomic mass is 10.1. The average Bonchev–Trinajstić information content (AvgIpc) is 3.35. The fourth-order valence-corrected chi connectivity index (χ4v) is 4.55. The minimum Gasteiger partial charge on any atom is -0.363 e. The summed E-state index contributed by atoms with van der Waals surface area (Å²) in [4.78, 5) is 29.3. The molecule has 0 saturated carbocycles. The summed E-state index contributed by atoms with van der Waals surface area (Å²) in [6, 6.07) is 20.7. The standard InChI is InChI=1S/C28H33N7O/c1-20(22-8-4-3-5-9-22)32-27-24-16-25(33-28(24)31-19-30-27)23-10-6-7-21(15-23)17-29-26(36)18-35-13-11-34(2)12-14-35/h3-10,15-16,19-20H,11-14,17-18H2,1-2H3,(H,29,36)(H2,30,31,32,33)/t20-/m1/s1. The van der Waals surface area contributed by atoms with Crippen LogP contribution in [0.5, 0.6) is 0 Å². The lowest BCUT2D eigenvalue weighted by Crippen LogP contribution is -2.48. The smallest absolute Gasteiger partial charge is 0.234 e. The molecule has 4 aromatic rings. The zero-order valence-electron chi connectivity index (χ0n) is 20.9. The van der Waals surface area contributed by atoms with Crippen LogP contribution in [0.4, 0.5) is 5.82 Å². The zero-order valence-corrected chi connectivity index (χ0v) is 20.9. The lowest BCUT2D eigenvalue weighted by Gasteiger charge is -2.31. The van der Waals surface area contributed by atoms with Gasteiger partial charge in [0.05, 0.1) is 11.9 Å². The molecule has 8 heteroatoms. The molecule has 2 aromatic carbocycles. The molecule has 36 heavy (non-hydrogen) atoms. The number of rotatable bonds is 8. The highest BCUT2D eigenvalue weighted by molar-refractivity contribution is 5.91. The summed E-state index contributed by atoms with van der Waals surface area (Å²) in [6.07, 6.45) is 1.58. The molecular weight excluding hydrogens is 450 g/mol. The summed E-state index contributed by atoms with van der Waals surface area (Å²) < 4.78 is 0. The highest BCUT2D eigenvalue weighted by Gasteiger charge is 2.17. The van der Waals surface area contributed by atoms with Gasteiger partial charge in [0.2, 0.25) is 5.91 Å². The lowest BCUT2D eigenvalue weighted by molar-refractivity contribution is -0.122. The molecule has 0 radical (unpaired) electrons. The van der Waals surface area contributed by atoms with E-state index in [1.807, 2.05) is 30.3 Å². The number of anilines is 1. The van der Waals surface area contributed by atoms with Gasteiger partial charge in [-0.1, -0.05) is 48.5 Å². The maximum atomic E-state index is 12.5. The van der Waals surface area contributed by atoms with Gasteiger partial charge in [0.25, 0.3) is 0 Å². The summed E-state index contributed by atoms with van der Waals surface area (Å²) in [5, 5.41) is 7.54. The molecule has 1 fully saturated rings. The first-order valence-corrected chi connectivity index (χ1v) is 12.5. The third-order valence-electron chi connectivity index (χ3n) is 6.77. The number of benzene rings is 2. The van der Waals surface area contributed by atoms with Gasteiger partial charge in [0.15, 0.2) is 0 Å². The normalized spacial score (nSPS) is 15.6. The molecule has 1 aliphatic rings. The van der Waals surface area contributed by atoms with Crippen LogP contribution in [0.2, 0.25) is 0 Å². The molecule has 5 rings (SSSR count). The first-order valence-electron chi connectivity index (χ1n) is 12.5. The third-order valence-corrected chi connectivity index (χ3v) is 6.77. The number of amides is 1. The molecule has 8 nitrogen and oxygen atoms in total. The number of carbonyl (C=O) groups excluding carboxylic acids is 1. The van der Waals surface area contributed by atoms with Crippen LogP contribution in [-0.2, 0) is 11.3 Å². The number of piperazine rings is 1. The van der Waals surface area contributed by atoms with Gasteiger partial charge in [-0.2, -0.15) is 0 Å². The Morgan fingerprint density at radius 2 is 1.83 bits per heavy atom. The molecule has 1 atom stereocenters. The maximum Gasteiger partial charge on any atom is 0.234 e. The predicted molar refractivity (Wildman–Crippen MR) is 144 cm³/mol. The number of aromatic nitrogens is 3. The Balaban J connectivity index is 1.26. The van der Waals surface area contributed by atoms with Gasteiger partial charge in [-0.25, -0.2) is 9.97 Å². The van der Waals surface area contributed by atoms with Crippen molar-refractivity contribution in [1.29, 1.82) is 0 Å². The number of nitrogens with zero attached hydrogens (tertiary/aromatic N) is 4. The summed E-state index contributed by atoms with van der Waals surface area (Å²) in [5.74, 6) is 0.861. The Kier molecular flexibility index (Phi) is 7.25. The van der Waals surface area contributed by atoms with E-state index in [1.54, 1.807) is 6.33 Å². The van der Waals surface area contributed by atoms with Crippen LogP contribution in [-0.4, -0.2) is 70.4 Å². The van der Waals surface area contributed by atoms with Crippen molar-refractivity contribution in [3.8, 4) is 11.3 Å². The summed E-state index contributed by atoms with van der Waals surface area (Å²) in [6.45, 7) is 6.96. The zero-order chi connectivity index (χ0) is 24.9. The van der Waals surface area contributed by atoms with Gasteiger partial charge in [0, 0.05) is 44.5 Å². The highest BCUT2D eigenvalue weighted by Crippen LogP contribution is 2.29. The molecule has 3 N–H and O–H groups in total. The number of carbonyl (C=O) groups is 1. The highest BCUT2D eigenvalue weighted by atomic mass is 16.2. The molecule has 0 spiro atoms. The minimum atomic E-state index is 0.0640. The quantitative estimate of drug-likeness (QED) is 0.354. The van der Waals surface area contributed by atoms with Crippen LogP contribution in [0.3, 0.4) is 0 Å². The fourth-order valence-electron chi connectivity index (χ4n) is 4.55. The summed E-state index contributed by atoms with van der Waals surface area (Å²) in [7, 11) is 2.12. The van der Waals surface area contributed by atoms with Crippen LogP contribution in [0.15, 0.2) is 67.0 Å². The van der Waals surface area contributed by atoms with Crippen molar-refractivity contribution in [2.75, 3.05) is 45.1 Å². The van der Waals surface area contributed by atoms with E-state index in [1.165, 1.54) is 5.56 Å². The molecule has 0 aliphatic carbocycles. The topological polar surface area (TPSA) is 89.2 Å². The third kappa shape index (κ3) is 5.72. The second-order valence-corrected chi connectivity index (χ2v) is 9.50. The van der Waals surface area contributed by atoms with Crippen molar-refractivity contribution >= 4 is 22.8 Å². The van der Waals surface area contributed by atoms with E-state index in [4.69, 9.17) is 0 Å². The van der Waals surface area contributed by atoms with Crippen molar-refractivity contribution < 1.29 is 4.79 Å². The van der Waals surface area contributed by atoms with E-state index >= 15 is 0 Å². The number of H-pyrrole nitrogens is 1. The van der Waals surface area contributed by atoms with Gasteiger partial charge in [-0.05, 0) is 42.8 Å². The predicted octanol–water partition coefficient (Wildman–Crippen LogP) is 3.66. The monoisotopic (exact) mass is 483 g/mol. The fraction of sp³-hybridized carbons (Fsp3) is 0.321. The Bertz CT molecular complexity index is 1310. The van der Waals surface area contributed by atoms with Crippen LogP contribution in [0.1, 0.15) is 24.1 Å². The number of hydrogen-bond acceptors (Lipinski definition) is 6. The SMILES string of the molecule is C[C@@H](Nc1ncnc2[nH]c(-c3cccc(CNC(=O)CN4CCN(C)CC4)c3)cc12)c1ccccc1. The van der Waals surface area contributed by atoms with Gasteiger partial charge < -0.3 is 20.5 Å². The summed E-state index contributed by atoms with van der Waals surface area (Å²) in [5.41, 5.74) is 5.04. The van der Waals surface area contributed by atoms with Crippen LogP contribution < -0.4 is 10.6 Å². The number of fused-ring (bicyclic) bond motifs is 1. The van der Waals surface area contributed by atoms with Crippen LogP contribution in [0.25, 0.3) is 22.3 Å². The number of hydrogen-bond donors (Lipinski definition) is 3. The number of nitrogens with one attached hydrogen (secondary N) is 3. The second kappa shape index (κ2) is 10.9. The van der Waals surface area contributed by atoms with Gasteiger partial charge >= 0.3 is 0 Å². The van der Waals surface area contributed by atoms with Gasteiger partial charge in [0.1, 0.15) is 17.8 Å². The Hall–Kier alpha value is -3.75. The van der Waals surface area contributed by atoms with Crippen LogP contribution in [0, 0.1) is 0 Å². The number of likely N-dealkylation sites (N-methyl/N-ethyl adjacent to an activating group) is 1. The van der Waals surface area contributed by atoms with E-state index in [9.17, 15) is 4.79 Å². The van der Waals surface area contributed by atoms with E-state index in [2.05, 4.69) is 79.7 Å².